The zero-order valence-electron chi connectivity index (χ0n) is 12.6. The van der Waals surface area contributed by atoms with E-state index >= 15 is 0 Å². The number of nitrogens with two attached hydrogens (primary N) is 1. The lowest BCUT2D eigenvalue weighted by atomic mass is 9.91. The minimum Gasteiger partial charge on any atom is -0.481 e. The fourth-order valence-corrected chi connectivity index (χ4v) is 3.06. The van der Waals surface area contributed by atoms with E-state index in [1.165, 1.54) is 6.92 Å². The molecule has 0 radical (unpaired) electrons. The smallest absolute Gasteiger partial charge is 0.306 e. The van der Waals surface area contributed by atoms with Gasteiger partial charge in [-0.15, -0.1) is 0 Å². The fraction of sp³-hybridized carbons (Fsp3) is 0.733. The lowest BCUT2D eigenvalue weighted by molar-refractivity contribution is -0.142. The van der Waals surface area contributed by atoms with Crippen molar-refractivity contribution in [3.63, 3.8) is 0 Å². The van der Waals surface area contributed by atoms with Gasteiger partial charge >= 0.3 is 5.97 Å². The van der Waals surface area contributed by atoms with Crippen molar-refractivity contribution in [2.75, 3.05) is 0 Å². The molecule has 0 heterocycles. The van der Waals surface area contributed by atoms with E-state index in [4.69, 9.17) is 5.73 Å². The van der Waals surface area contributed by atoms with E-state index in [1.807, 2.05) is 13.8 Å². The number of carboxylic acids is 1. The van der Waals surface area contributed by atoms with Crippen LogP contribution in [0.1, 0.15) is 46.5 Å². The number of rotatable bonds is 6. The van der Waals surface area contributed by atoms with Gasteiger partial charge in [-0.2, -0.15) is 0 Å². The number of allylic oxidation sites excluding steroid dienone is 1. The summed E-state index contributed by atoms with van der Waals surface area (Å²) in [5, 5.41) is 12.1. The summed E-state index contributed by atoms with van der Waals surface area (Å²) < 4.78 is 0. The Hall–Kier alpha value is -1.36. The van der Waals surface area contributed by atoms with Gasteiger partial charge in [0.2, 0.25) is 5.91 Å². The molecule has 5 nitrogen and oxygen atoms in total. The third kappa shape index (κ3) is 4.63. The molecule has 1 amide bonds. The van der Waals surface area contributed by atoms with Crippen molar-refractivity contribution < 1.29 is 14.7 Å². The summed E-state index contributed by atoms with van der Waals surface area (Å²) in [6, 6.07) is -0.0109. The maximum absolute atomic E-state index is 11.2. The third-order valence-electron chi connectivity index (χ3n) is 4.12. The Labute approximate surface area is 120 Å². The van der Waals surface area contributed by atoms with Crippen LogP contribution in [0.4, 0.5) is 0 Å². The maximum atomic E-state index is 11.2. The summed E-state index contributed by atoms with van der Waals surface area (Å²) >= 11 is 0. The molecule has 1 saturated carbocycles. The van der Waals surface area contributed by atoms with Crippen LogP contribution in [-0.4, -0.2) is 29.1 Å². The first-order valence-electron chi connectivity index (χ1n) is 7.29. The van der Waals surface area contributed by atoms with Crippen LogP contribution in [-0.2, 0) is 9.59 Å². The molecule has 1 aliphatic rings. The fourth-order valence-electron chi connectivity index (χ4n) is 3.06. The SMILES string of the molecule is CCC(=CCC1C[C@H](N)CC1C(=O)O)C(C)NC(C)=O. The molecular weight excluding hydrogens is 256 g/mol. The van der Waals surface area contributed by atoms with E-state index in [-0.39, 0.29) is 29.8 Å². The second-order valence-electron chi connectivity index (χ2n) is 5.73. The van der Waals surface area contributed by atoms with E-state index in [0.717, 1.165) is 24.8 Å². The molecule has 0 saturated heterocycles. The predicted octanol–water partition coefficient (Wildman–Crippen LogP) is 1.68. The lowest BCUT2D eigenvalue weighted by Gasteiger charge is -2.18. The molecule has 0 bridgehead atoms. The number of aliphatic carboxylic acids is 1. The van der Waals surface area contributed by atoms with E-state index < -0.39 is 5.97 Å². The van der Waals surface area contributed by atoms with Crippen molar-refractivity contribution in [2.24, 2.45) is 17.6 Å². The molecule has 0 aromatic carbocycles. The highest BCUT2D eigenvalue weighted by molar-refractivity contribution is 5.73. The molecule has 4 atom stereocenters. The Kier molecular flexibility index (Phi) is 6.20. The lowest BCUT2D eigenvalue weighted by Crippen LogP contribution is -2.32. The molecule has 5 heteroatoms. The molecule has 1 fully saturated rings. The second kappa shape index (κ2) is 7.43. The van der Waals surface area contributed by atoms with Gasteiger partial charge in [0, 0.05) is 19.0 Å². The van der Waals surface area contributed by atoms with E-state index in [1.54, 1.807) is 0 Å². The first-order chi connectivity index (χ1) is 9.35. The van der Waals surface area contributed by atoms with Crippen LogP contribution in [0, 0.1) is 11.8 Å². The number of hydrogen-bond acceptors (Lipinski definition) is 3. The summed E-state index contributed by atoms with van der Waals surface area (Å²) in [7, 11) is 0. The zero-order valence-corrected chi connectivity index (χ0v) is 12.6. The van der Waals surface area contributed by atoms with Crippen molar-refractivity contribution in [1.82, 2.24) is 5.32 Å². The number of carbonyl (C=O) groups excluding carboxylic acids is 1. The van der Waals surface area contributed by atoms with Gasteiger partial charge in [0.15, 0.2) is 0 Å². The summed E-state index contributed by atoms with van der Waals surface area (Å²) in [6.07, 6.45) is 4.98. The second-order valence-corrected chi connectivity index (χ2v) is 5.73. The number of carboxylic acid groups (broad SMARTS) is 1. The Balaban J connectivity index is 2.67. The summed E-state index contributed by atoms with van der Waals surface area (Å²) in [4.78, 5) is 22.3. The van der Waals surface area contributed by atoms with Gasteiger partial charge in [0.05, 0.1) is 5.92 Å². The molecule has 0 aromatic heterocycles. The summed E-state index contributed by atoms with van der Waals surface area (Å²) in [5.74, 6) is -1.03. The summed E-state index contributed by atoms with van der Waals surface area (Å²) in [5.41, 5.74) is 7.02. The van der Waals surface area contributed by atoms with Crippen molar-refractivity contribution >= 4 is 11.9 Å². The largest absolute Gasteiger partial charge is 0.481 e. The third-order valence-corrected chi connectivity index (χ3v) is 4.12. The van der Waals surface area contributed by atoms with Gasteiger partial charge in [-0.05, 0) is 38.5 Å². The number of hydrogen-bond donors (Lipinski definition) is 3. The van der Waals surface area contributed by atoms with Crippen molar-refractivity contribution in [2.45, 2.75) is 58.5 Å². The maximum Gasteiger partial charge on any atom is 0.306 e. The highest BCUT2D eigenvalue weighted by atomic mass is 16.4. The summed E-state index contributed by atoms with van der Waals surface area (Å²) in [6.45, 7) is 5.49. The highest BCUT2D eigenvalue weighted by Gasteiger charge is 2.36. The van der Waals surface area contributed by atoms with Gasteiger partial charge in [0.25, 0.3) is 0 Å². The van der Waals surface area contributed by atoms with Gasteiger partial charge in [0.1, 0.15) is 0 Å². The molecule has 0 spiro atoms. The van der Waals surface area contributed by atoms with Crippen LogP contribution in [0.15, 0.2) is 11.6 Å². The minimum absolute atomic E-state index is 0.00384. The van der Waals surface area contributed by atoms with Crippen molar-refractivity contribution in [3.8, 4) is 0 Å². The molecule has 0 aliphatic heterocycles. The molecule has 1 aliphatic carbocycles. The molecular formula is C15H26N2O3. The number of carbonyl (C=O) groups is 2. The number of amides is 1. The van der Waals surface area contributed by atoms with Crippen LogP contribution in [0.2, 0.25) is 0 Å². The molecule has 114 valence electrons. The predicted molar refractivity (Wildman–Crippen MR) is 78.1 cm³/mol. The molecule has 4 N–H and O–H groups in total. The molecule has 1 rings (SSSR count). The minimum atomic E-state index is -0.746. The van der Waals surface area contributed by atoms with Gasteiger partial charge in [-0.3, -0.25) is 9.59 Å². The van der Waals surface area contributed by atoms with Gasteiger partial charge < -0.3 is 16.2 Å². The molecule has 0 aromatic rings. The van der Waals surface area contributed by atoms with Crippen molar-refractivity contribution in [1.29, 1.82) is 0 Å². The Morgan fingerprint density at radius 1 is 1.45 bits per heavy atom. The van der Waals surface area contributed by atoms with Crippen LogP contribution < -0.4 is 11.1 Å². The first-order valence-corrected chi connectivity index (χ1v) is 7.29. The zero-order chi connectivity index (χ0) is 15.3. The van der Waals surface area contributed by atoms with Crippen LogP contribution in [0.25, 0.3) is 0 Å². The molecule has 3 unspecified atom stereocenters. The van der Waals surface area contributed by atoms with E-state index in [9.17, 15) is 14.7 Å². The highest BCUT2D eigenvalue weighted by Crippen LogP contribution is 2.34. The van der Waals surface area contributed by atoms with Gasteiger partial charge in [-0.1, -0.05) is 18.6 Å². The normalized spacial score (nSPS) is 28.2. The first kappa shape index (κ1) is 16.7. The van der Waals surface area contributed by atoms with Crippen molar-refractivity contribution in [3.05, 3.63) is 11.6 Å². The standard InChI is InChI=1S/C15H26N2O3/c1-4-11(9(2)17-10(3)18)5-6-12-7-13(16)8-14(12)15(19)20/h5,9,12-14H,4,6-8,16H2,1-3H3,(H,17,18)(H,19,20)/t9?,12?,13-,14?/m0/s1. The average Bonchev–Trinajstić information content (AvgIpc) is 2.70. The monoisotopic (exact) mass is 282 g/mol. The Morgan fingerprint density at radius 2 is 2.10 bits per heavy atom. The quantitative estimate of drug-likeness (QED) is 0.646. The van der Waals surface area contributed by atoms with E-state index in [2.05, 4.69) is 11.4 Å². The Morgan fingerprint density at radius 3 is 2.60 bits per heavy atom. The van der Waals surface area contributed by atoms with Gasteiger partial charge in [-0.25, -0.2) is 0 Å². The van der Waals surface area contributed by atoms with Crippen LogP contribution >= 0.6 is 0 Å². The van der Waals surface area contributed by atoms with Crippen LogP contribution in [0.3, 0.4) is 0 Å². The average molecular weight is 282 g/mol. The van der Waals surface area contributed by atoms with E-state index in [0.29, 0.717) is 6.42 Å². The Bertz CT molecular complexity index is 393. The number of nitrogens with one attached hydrogen (secondary N) is 1. The van der Waals surface area contributed by atoms with Crippen LogP contribution in [0.5, 0.6) is 0 Å². The topological polar surface area (TPSA) is 92.4 Å². The molecule has 20 heavy (non-hydrogen) atoms.